The number of carbonyl (C=O) groups is 1. The molecule has 0 spiro atoms. The minimum Gasteiger partial charge on any atom is -0.325 e. The van der Waals surface area contributed by atoms with Crippen molar-refractivity contribution in [3.05, 3.63) is 0 Å². The SMILES string of the molecule is CCC1NC(C(C)C)N(CC2CCN(C)C2)C1=O. The van der Waals surface area contributed by atoms with Crippen molar-refractivity contribution in [2.75, 3.05) is 26.7 Å². The fourth-order valence-electron chi connectivity index (χ4n) is 3.21. The van der Waals surface area contributed by atoms with E-state index in [0.717, 1.165) is 19.5 Å². The summed E-state index contributed by atoms with van der Waals surface area (Å²) in [7, 11) is 2.17. The lowest BCUT2D eigenvalue weighted by atomic mass is 10.1. The van der Waals surface area contributed by atoms with Crippen molar-refractivity contribution in [3.8, 4) is 0 Å². The average Bonchev–Trinajstić information content (AvgIpc) is 2.85. The molecule has 0 saturated carbocycles. The van der Waals surface area contributed by atoms with Gasteiger partial charge < -0.3 is 9.80 Å². The lowest BCUT2D eigenvalue weighted by molar-refractivity contribution is -0.131. The Morgan fingerprint density at radius 3 is 2.67 bits per heavy atom. The molecular formula is C14H27N3O. The van der Waals surface area contributed by atoms with Crippen LogP contribution in [-0.4, -0.2) is 54.6 Å². The minimum absolute atomic E-state index is 0.0385. The van der Waals surface area contributed by atoms with Gasteiger partial charge in [0.2, 0.25) is 5.91 Å². The number of carbonyl (C=O) groups excluding carboxylic acids is 1. The molecular weight excluding hydrogens is 226 g/mol. The molecule has 18 heavy (non-hydrogen) atoms. The van der Waals surface area contributed by atoms with Gasteiger partial charge in [0.25, 0.3) is 0 Å². The molecule has 104 valence electrons. The van der Waals surface area contributed by atoms with Gasteiger partial charge in [-0.3, -0.25) is 10.1 Å². The van der Waals surface area contributed by atoms with Gasteiger partial charge in [-0.25, -0.2) is 0 Å². The Morgan fingerprint density at radius 2 is 2.17 bits per heavy atom. The molecule has 2 aliphatic rings. The first-order valence-electron chi connectivity index (χ1n) is 7.28. The molecule has 3 unspecified atom stereocenters. The molecule has 0 aromatic rings. The molecule has 4 heteroatoms. The first-order valence-corrected chi connectivity index (χ1v) is 7.28. The second-order valence-electron chi connectivity index (χ2n) is 6.22. The zero-order valence-corrected chi connectivity index (χ0v) is 12.1. The number of hydrogen-bond acceptors (Lipinski definition) is 3. The quantitative estimate of drug-likeness (QED) is 0.816. The summed E-state index contributed by atoms with van der Waals surface area (Å²) in [4.78, 5) is 16.8. The number of amides is 1. The molecule has 1 amide bonds. The van der Waals surface area contributed by atoms with Gasteiger partial charge in [0.15, 0.2) is 0 Å². The zero-order chi connectivity index (χ0) is 13.3. The van der Waals surface area contributed by atoms with Gasteiger partial charge in [0.05, 0.1) is 12.2 Å². The smallest absolute Gasteiger partial charge is 0.241 e. The Hall–Kier alpha value is -0.610. The highest BCUT2D eigenvalue weighted by molar-refractivity contribution is 5.84. The van der Waals surface area contributed by atoms with Crippen molar-refractivity contribution < 1.29 is 4.79 Å². The third-order valence-corrected chi connectivity index (χ3v) is 4.27. The van der Waals surface area contributed by atoms with Gasteiger partial charge in [0, 0.05) is 13.1 Å². The van der Waals surface area contributed by atoms with Crippen LogP contribution in [0.15, 0.2) is 0 Å². The predicted octanol–water partition coefficient (Wildman–Crippen LogP) is 1.13. The highest BCUT2D eigenvalue weighted by atomic mass is 16.2. The van der Waals surface area contributed by atoms with Gasteiger partial charge in [-0.05, 0) is 38.3 Å². The van der Waals surface area contributed by atoms with Crippen LogP contribution >= 0.6 is 0 Å². The van der Waals surface area contributed by atoms with Crippen molar-refractivity contribution >= 4 is 5.91 Å². The lowest BCUT2D eigenvalue weighted by Gasteiger charge is -2.29. The maximum Gasteiger partial charge on any atom is 0.241 e. The zero-order valence-electron chi connectivity index (χ0n) is 12.1. The summed E-state index contributed by atoms with van der Waals surface area (Å²) in [6, 6.07) is 0.0385. The molecule has 2 fully saturated rings. The molecule has 2 heterocycles. The highest BCUT2D eigenvalue weighted by Crippen LogP contribution is 2.23. The monoisotopic (exact) mass is 253 g/mol. The van der Waals surface area contributed by atoms with Crippen molar-refractivity contribution in [3.63, 3.8) is 0 Å². The van der Waals surface area contributed by atoms with Gasteiger partial charge in [0.1, 0.15) is 0 Å². The van der Waals surface area contributed by atoms with Gasteiger partial charge in [-0.1, -0.05) is 20.8 Å². The predicted molar refractivity (Wildman–Crippen MR) is 73.2 cm³/mol. The van der Waals surface area contributed by atoms with Crippen LogP contribution in [-0.2, 0) is 4.79 Å². The lowest BCUT2D eigenvalue weighted by Crippen LogP contribution is -2.44. The number of rotatable bonds is 4. The molecule has 4 nitrogen and oxygen atoms in total. The van der Waals surface area contributed by atoms with Gasteiger partial charge >= 0.3 is 0 Å². The van der Waals surface area contributed by atoms with Crippen molar-refractivity contribution in [1.82, 2.24) is 15.1 Å². The molecule has 0 bridgehead atoms. The Balaban J connectivity index is 2.01. The van der Waals surface area contributed by atoms with E-state index in [0.29, 0.717) is 17.7 Å². The van der Waals surface area contributed by atoms with Crippen LogP contribution in [0.1, 0.15) is 33.6 Å². The fourth-order valence-corrected chi connectivity index (χ4v) is 3.21. The second-order valence-corrected chi connectivity index (χ2v) is 6.22. The summed E-state index contributed by atoms with van der Waals surface area (Å²) in [5.41, 5.74) is 0. The molecule has 0 aromatic carbocycles. The van der Waals surface area contributed by atoms with Crippen LogP contribution in [0.25, 0.3) is 0 Å². The summed E-state index contributed by atoms with van der Waals surface area (Å²) in [6.07, 6.45) is 2.35. The van der Waals surface area contributed by atoms with Crippen molar-refractivity contribution in [1.29, 1.82) is 0 Å². The third-order valence-electron chi connectivity index (χ3n) is 4.27. The van der Waals surface area contributed by atoms with Crippen molar-refractivity contribution in [2.45, 2.75) is 45.8 Å². The van der Waals surface area contributed by atoms with Gasteiger partial charge in [-0.15, -0.1) is 0 Å². The van der Waals surface area contributed by atoms with Gasteiger partial charge in [-0.2, -0.15) is 0 Å². The van der Waals surface area contributed by atoms with E-state index in [2.05, 4.69) is 42.9 Å². The molecule has 0 aliphatic carbocycles. The topological polar surface area (TPSA) is 35.6 Å². The molecule has 0 aromatic heterocycles. The maximum atomic E-state index is 12.4. The summed E-state index contributed by atoms with van der Waals surface area (Å²) in [5, 5.41) is 3.49. The summed E-state index contributed by atoms with van der Waals surface area (Å²) >= 11 is 0. The summed E-state index contributed by atoms with van der Waals surface area (Å²) in [5.74, 6) is 1.44. The molecule has 3 atom stereocenters. The Kier molecular flexibility index (Phi) is 4.28. The number of nitrogens with zero attached hydrogens (tertiary/aromatic N) is 2. The first kappa shape index (κ1) is 13.8. The Labute approximate surface area is 111 Å². The van der Waals surface area contributed by atoms with Crippen molar-refractivity contribution in [2.24, 2.45) is 11.8 Å². The molecule has 2 aliphatic heterocycles. The highest BCUT2D eigenvalue weighted by Gasteiger charge is 2.40. The molecule has 1 N–H and O–H groups in total. The molecule has 2 saturated heterocycles. The van der Waals surface area contributed by atoms with Crippen LogP contribution in [0, 0.1) is 11.8 Å². The normalized spacial score (nSPS) is 33.9. The molecule has 0 radical (unpaired) electrons. The third kappa shape index (κ3) is 2.69. The Morgan fingerprint density at radius 1 is 1.44 bits per heavy atom. The Bertz CT molecular complexity index is 305. The van der Waals surface area contributed by atoms with Crippen LogP contribution in [0.4, 0.5) is 0 Å². The summed E-state index contributed by atoms with van der Waals surface area (Å²) in [6.45, 7) is 9.69. The van der Waals surface area contributed by atoms with E-state index >= 15 is 0 Å². The van der Waals surface area contributed by atoms with Crippen LogP contribution < -0.4 is 5.32 Å². The van der Waals surface area contributed by atoms with E-state index in [1.807, 2.05) is 0 Å². The van der Waals surface area contributed by atoms with E-state index in [-0.39, 0.29) is 12.2 Å². The molecule has 2 rings (SSSR count). The van der Waals surface area contributed by atoms with E-state index in [1.54, 1.807) is 0 Å². The van der Waals surface area contributed by atoms with E-state index in [4.69, 9.17) is 0 Å². The van der Waals surface area contributed by atoms with Crippen LogP contribution in [0.3, 0.4) is 0 Å². The number of likely N-dealkylation sites (tertiary alicyclic amines) is 1. The number of hydrogen-bond donors (Lipinski definition) is 1. The van der Waals surface area contributed by atoms with E-state index in [1.165, 1.54) is 13.0 Å². The summed E-state index contributed by atoms with van der Waals surface area (Å²) < 4.78 is 0. The average molecular weight is 253 g/mol. The second kappa shape index (κ2) is 5.57. The largest absolute Gasteiger partial charge is 0.325 e. The first-order chi connectivity index (χ1) is 8.52. The maximum absolute atomic E-state index is 12.4. The van der Waals surface area contributed by atoms with E-state index in [9.17, 15) is 4.79 Å². The number of nitrogens with one attached hydrogen (secondary N) is 1. The standard InChI is InChI=1S/C14H27N3O/c1-5-12-14(18)17(13(15-12)10(2)3)9-11-6-7-16(4)8-11/h10-13,15H,5-9H2,1-4H3. The van der Waals surface area contributed by atoms with Crippen LogP contribution in [0.2, 0.25) is 0 Å². The van der Waals surface area contributed by atoms with E-state index < -0.39 is 0 Å². The van der Waals surface area contributed by atoms with Crippen LogP contribution in [0.5, 0.6) is 0 Å². The minimum atomic E-state index is 0.0385. The fraction of sp³-hybridized carbons (Fsp3) is 0.929.